The van der Waals surface area contributed by atoms with Crippen molar-refractivity contribution in [2.75, 3.05) is 0 Å². The molecular formula is C7H7OSY+2. The summed E-state index contributed by atoms with van der Waals surface area (Å²) < 4.78 is 0. The number of Topliss-reactive ketones (excluding diaryl/α,β-unsaturated/α-hetero) is 1. The van der Waals surface area contributed by atoms with E-state index in [1.807, 2.05) is 17.5 Å². The van der Waals surface area contributed by atoms with Crippen molar-refractivity contribution >= 4 is 17.1 Å². The minimum atomic E-state index is 0. The van der Waals surface area contributed by atoms with Crippen molar-refractivity contribution in [1.29, 1.82) is 0 Å². The smallest absolute Gasteiger partial charge is 0.316 e. The molecule has 3 heteroatoms. The van der Waals surface area contributed by atoms with E-state index in [1.54, 1.807) is 24.7 Å². The standard InChI is InChI=1S/C7H7OS.Y/c1-6(8)5-7-3-2-4-9-7;/h2-5H,1H3;/q-1;+3. The molecule has 0 fully saturated rings. The van der Waals surface area contributed by atoms with Gasteiger partial charge in [-0.3, -0.25) is 0 Å². The van der Waals surface area contributed by atoms with Gasteiger partial charge in [0, 0.05) is 0 Å². The number of hydrogen-bond donors (Lipinski definition) is 0. The van der Waals surface area contributed by atoms with Gasteiger partial charge in [0.05, 0.1) is 5.78 Å². The molecule has 0 N–H and O–H groups in total. The molecule has 1 heterocycles. The van der Waals surface area contributed by atoms with Gasteiger partial charge in [0.1, 0.15) is 0 Å². The maximum absolute atomic E-state index is 10.5. The quantitative estimate of drug-likeness (QED) is 0.706. The number of carbonyl (C=O) groups excluding carboxylic acids is 1. The average Bonchev–Trinajstić information content (AvgIpc) is 2.15. The fourth-order valence-corrected chi connectivity index (χ4v) is 1.28. The Morgan fingerprint density at radius 3 is 2.80 bits per heavy atom. The first-order chi connectivity index (χ1) is 4.29. The van der Waals surface area contributed by atoms with E-state index in [-0.39, 0.29) is 38.5 Å². The molecule has 1 aromatic rings. The molecule has 0 aromatic carbocycles. The maximum Gasteiger partial charge on any atom is 3.00 e. The first kappa shape index (κ1) is 10.3. The van der Waals surface area contributed by atoms with Crippen molar-refractivity contribution in [1.82, 2.24) is 0 Å². The Morgan fingerprint density at radius 1 is 1.70 bits per heavy atom. The monoisotopic (exact) mass is 228 g/mol. The molecule has 1 rings (SSSR count). The number of thiophene rings is 1. The van der Waals surface area contributed by atoms with E-state index in [9.17, 15) is 4.79 Å². The van der Waals surface area contributed by atoms with Gasteiger partial charge in [-0.15, -0.1) is 10.9 Å². The first-order valence-corrected chi connectivity index (χ1v) is 3.56. The molecule has 0 aliphatic rings. The second kappa shape index (κ2) is 5.06. The van der Waals surface area contributed by atoms with Crippen LogP contribution in [0.2, 0.25) is 0 Å². The summed E-state index contributed by atoms with van der Waals surface area (Å²) in [4.78, 5) is 11.5. The topological polar surface area (TPSA) is 17.1 Å². The Balaban J connectivity index is 0.000000810. The average molecular weight is 228 g/mol. The van der Waals surface area contributed by atoms with Crippen LogP contribution >= 0.6 is 11.3 Å². The van der Waals surface area contributed by atoms with Crippen LogP contribution in [0.1, 0.15) is 11.8 Å². The fraction of sp³-hybridized carbons (Fsp3) is 0.143. The van der Waals surface area contributed by atoms with Gasteiger partial charge < -0.3 is 4.79 Å². The summed E-state index contributed by atoms with van der Waals surface area (Å²) in [5.41, 5.74) is 0. The number of rotatable bonds is 2. The third-order valence-corrected chi connectivity index (χ3v) is 1.71. The number of ketones is 1. The Bertz CT molecular complexity index is 193. The summed E-state index contributed by atoms with van der Waals surface area (Å²) in [6, 6.07) is 3.85. The minimum Gasteiger partial charge on any atom is -0.316 e. The molecule has 48 valence electrons. The third-order valence-electron chi connectivity index (χ3n) is 0.889. The molecule has 1 aromatic heterocycles. The molecule has 0 saturated heterocycles. The van der Waals surface area contributed by atoms with E-state index in [0.717, 1.165) is 4.88 Å². The predicted octanol–water partition coefficient (Wildman–Crippen LogP) is 1.89. The minimum absolute atomic E-state index is 0. The Morgan fingerprint density at radius 2 is 2.40 bits per heavy atom. The SMILES string of the molecule is CC(=O)[CH-]c1cccs1.[Y+3]. The van der Waals surface area contributed by atoms with Crippen LogP contribution in [0.25, 0.3) is 0 Å². The van der Waals surface area contributed by atoms with Gasteiger partial charge in [0.25, 0.3) is 0 Å². The molecule has 0 aliphatic heterocycles. The molecule has 0 atom stereocenters. The van der Waals surface area contributed by atoms with Crippen LogP contribution in [0, 0.1) is 6.42 Å². The summed E-state index contributed by atoms with van der Waals surface area (Å²) in [5.74, 6) is 0.109. The number of hydrogen-bond acceptors (Lipinski definition) is 2. The van der Waals surface area contributed by atoms with Gasteiger partial charge in [0.15, 0.2) is 0 Å². The molecule has 10 heavy (non-hydrogen) atoms. The van der Waals surface area contributed by atoms with Gasteiger partial charge in [-0.1, -0.05) is 0 Å². The van der Waals surface area contributed by atoms with Crippen molar-refractivity contribution in [3.63, 3.8) is 0 Å². The summed E-state index contributed by atoms with van der Waals surface area (Å²) in [6.45, 7) is 1.56. The Labute approximate surface area is 89.7 Å². The second-order valence-corrected chi connectivity index (χ2v) is 2.75. The van der Waals surface area contributed by atoms with Gasteiger partial charge in [0.2, 0.25) is 0 Å². The second-order valence-electron chi connectivity index (χ2n) is 1.77. The van der Waals surface area contributed by atoms with Gasteiger partial charge in [-0.25, -0.2) is 0 Å². The van der Waals surface area contributed by atoms with Crippen LogP contribution in [-0.2, 0) is 37.5 Å². The van der Waals surface area contributed by atoms with Crippen LogP contribution in [-0.4, -0.2) is 5.78 Å². The van der Waals surface area contributed by atoms with E-state index < -0.39 is 0 Å². The largest absolute Gasteiger partial charge is 3.00 e. The van der Waals surface area contributed by atoms with E-state index in [0.29, 0.717) is 0 Å². The van der Waals surface area contributed by atoms with Crippen LogP contribution in [0.5, 0.6) is 0 Å². The summed E-state index contributed by atoms with van der Waals surface area (Å²) in [7, 11) is 0. The van der Waals surface area contributed by atoms with Crippen molar-refractivity contribution in [3.05, 3.63) is 28.8 Å². The Hall–Kier alpha value is 0.344. The Kier molecular flexibility index (Phi) is 5.23. The van der Waals surface area contributed by atoms with Crippen molar-refractivity contribution < 1.29 is 37.5 Å². The van der Waals surface area contributed by atoms with Crippen LogP contribution in [0.3, 0.4) is 0 Å². The van der Waals surface area contributed by atoms with Crippen molar-refractivity contribution in [2.24, 2.45) is 0 Å². The van der Waals surface area contributed by atoms with Crippen LogP contribution < -0.4 is 0 Å². The van der Waals surface area contributed by atoms with Crippen molar-refractivity contribution in [2.45, 2.75) is 6.92 Å². The summed E-state index contributed by atoms with van der Waals surface area (Å²) >= 11 is 1.57. The van der Waals surface area contributed by atoms with E-state index in [4.69, 9.17) is 0 Å². The molecule has 0 spiro atoms. The molecule has 0 bridgehead atoms. The molecule has 0 radical (unpaired) electrons. The van der Waals surface area contributed by atoms with Gasteiger partial charge in [-0.05, 0) is 12.3 Å². The fourth-order valence-electron chi connectivity index (χ4n) is 0.574. The third kappa shape index (κ3) is 3.50. The van der Waals surface area contributed by atoms with Gasteiger partial charge in [-0.2, -0.15) is 23.8 Å². The number of carbonyl (C=O) groups is 1. The molecule has 0 aliphatic carbocycles. The summed E-state index contributed by atoms with van der Waals surface area (Å²) in [6.07, 6.45) is 1.63. The van der Waals surface area contributed by atoms with E-state index in [1.165, 1.54) is 0 Å². The zero-order valence-electron chi connectivity index (χ0n) is 5.70. The molecule has 0 saturated carbocycles. The molecule has 0 unspecified atom stereocenters. The maximum atomic E-state index is 10.5. The predicted molar refractivity (Wildman–Crippen MR) is 38.4 cm³/mol. The van der Waals surface area contributed by atoms with Gasteiger partial charge >= 0.3 is 32.7 Å². The summed E-state index contributed by atoms with van der Waals surface area (Å²) in [5, 5.41) is 1.95. The first-order valence-electron chi connectivity index (χ1n) is 2.68. The van der Waals surface area contributed by atoms with Crippen LogP contribution in [0.4, 0.5) is 0 Å². The normalized spacial score (nSPS) is 8.10. The zero-order valence-corrected chi connectivity index (χ0v) is 9.36. The molecule has 0 amide bonds. The molecular weight excluding hydrogens is 221 g/mol. The zero-order chi connectivity index (χ0) is 6.69. The van der Waals surface area contributed by atoms with Crippen molar-refractivity contribution in [3.8, 4) is 0 Å². The van der Waals surface area contributed by atoms with E-state index >= 15 is 0 Å². The van der Waals surface area contributed by atoms with E-state index in [2.05, 4.69) is 0 Å². The molecule has 1 nitrogen and oxygen atoms in total. The van der Waals surface area contributed by atoms with Crippen LogP contribution in [0.15, 0.2) is 17.5 Å².